The second-order valence-electron chi connectivity index (χ2n) is 11.1. The van der Waals surface area contributed by atoms with Crippen LogP contribution < -0.4 is 10.6 Å². The molecule has 2 N–H and O–H groups in total. The standard InChI is InChI=1S/C30H38FN5O2/c1-20(2)32-28(37)23-9-13-25(14-10-23)36-27-18-21(19-35-16-4-3-5-17-35)6-15-26(27)33-30(36)34-29(38)22-7-11-24(31)12-8-22/h6-8,11-12,15,18,20,23,25H,3-5,9-10,13-14,16-17,19H2,1-2H3,(H,32,37)(H,33,34,38). The van der Waals surface area contributed by atoms with Gasteiger partial charge in [0.15, 0.2) is 0 Å². The van der Waals surface area contributed by atoms with E-state index in [0.717, 1.165) is 56.4 Å². The average molecular weight is 520 g/mol. The number of nitrogens with zero attached hydrogens (tertiary/aromatic N) is 3. The Kier molecular flexibility index (Phi) is 8.07. The second-order valence-corrected chi connectivity index (χ2v) is 11.1. The third-order valence-corrected chi connectivity index (χ3v) is 7.80. The molecule has 202 valence electrons. The minimum Gasteiger partial charge on any atom is -0.354 e. The molecule has 2 amide bonds. The molecule has 0 spiro atoms. The molecular formula is C30H38FN5O2. The molecule has 0 radical (unpaired) electrons. The highest BCUT2D eigenvalue weighted by molar-refractivity contribution is 6.04. The maximum atomic E-state index is 13.4. The van der Waals surface area contributed by atoms with Gasteiger partial charge in [0, 0.05) is 30.1 Å². The van der Waals surface area contributed by atoms with Crippen LogP contribution in [0, 0.1) is 11.7 Å². The normalized spacial score (nSPS) is 20.5. The number of hydrogen-bond acceptors (Lipinski definition) is 4. The molecule has 1 saturated heterocycles. The second kappa shape index (κ2) is 11.6. The predicted octanol–water partition coefficient (Wildman–Crippen LogP) is 5.67. The van der Waals surface area contributed by atoms with E-state index in [-0.39, 0.29) is 35.6 Å². The Morgan fingerprint density at radius 1 is 1.00 bits per heavy atom. The topological polar surface area (TPSA) is 79.3 Å². The number of rotatable bonds is 7. The molecule has 5 rings (SSSR count). The first kappa shape index (κ1) is 26.4. The van der Waals surface area contributed by atoms with E-state index in [1.165, 1.54) is 49.1 Å². The zero-order valence-electron chi connectivity index (χ0n) is 22.4. The number of imidazole rings is 1. The van der Waals surface area contributed by atoms with Crippen molar-refractivity contribution in [2.75, 3.05) is 18.4 Å². The van der Waals surface area contributed by atoms with Crippen molar-refractivity contribution in [1.29, 1.82) is 0 Å². The van der Waals surface area contributed by atoms with Gasteiger partial charge < -0.3 is 9.88 Å². The maximum Gasteiger partial charge on any atom is 0.257 e. The van der Waals surface area contributed by atoms with E-state index in [1.54, 1.807) is 0 Å². The minimum atomic E-state index is -0.381. The lowest BCUT2D eigenvalue weighted by Crippen LogP contribution is -2.37. The fourth-order valence-electron chi connectivity index (χ4n) is 5.84. The molecule has 3 aromatic rings. The van der Waals surface area contributed by atoms with E-state index in [4.69, 9.17) is 4.98 Å². The molecule has 2 fully saturated rings. The largest absolute Gasteiger partial charge is 0.354 e. The monoisotopic (exact) mass is 519 g/mol. The molecule has 2 aromatic carbocycles. The van der Waals surface area contributed by atoms with E-state index in [9.17, 15) is 14.0 Å². The Bertz CT molecular complexity index is 1270. The van der Waals surface area contributed by atoms with E-state index < -0.39 is 0 Å². The summed E-state index contributed by atoms with van der Waals surface area (Å²) in [4.78, 5) is 33.0. The van der Waals surface area contributed by atoms with Crippen LogP contribution in [-0.4, -0.2) is 45.4 Å². The van der Waals surface area contributed by atoms with Gasteiger partial charge in [-0.25, -0.2) is 9.37 Å². The van der Waals surface area contributed by atoms with E-state index in [0.29, 0.717) is 11.5 Å². The Morgan fingerprint density at radius 2 is 1.71 bits per heavy atom. The van der Waals surface area contributed by atoms with Gasteiger partial charge in [0.1, 0.15) is 5.82 Å². The van der Waals surface area contributed by atoms with Crippen molar-refractivity contribution in [2.24, 2.45) is 5.92 Å². The van der Waals surface area contributed by atoms with Crippen LogP contribution in [0.15, 0.2) is 42.5 Å². The van der Waals surface area contributed by atoms with Crippen molar-refractivity contribution in [2.45, 2.75) is 77.4 Å². The van der Waals surface area contributed by atoms with Gasteiger partial charge in [-0.05, 0) is 107 Å². The summed E-state index contributed by atoms with van der Waals surface area (Å²) in [7, 11) is 0. The summed E-state index contributed by atoms with van der Waals surface area (Å²) < 4.78 is 15.6. The number of aromatic nitrogens is 2. The van der Waals surface area contributed by atoms with Crippen LogP contribution in [0.25, 0.3) is 11.0 Å². The van der Waals surface area contributed by atoms with Crippen LogP contribution in [0.3, 0.4) is 0 Å². The van der Waals surface area contributed by atoms with Crippen molar-refractivity contribution < 1.29 is 14.0 Å². The number of fused-ring (bicyclic) bond motifs is 1. The third-order valence-electron chi connectivity index (χ3n) is 7.80. The number of likely N-dealkylation sites (tertiary alicyclic amines) is 1. The number of carbonyl (C=O) groups excluding carboxylic acids is 2. The number of carbonyl (C=O) groups is 2. The van der Waals surface area contributed by atoms with Crippen LogP contribution in [0.1, 0.15) is 80.8 Å². The number of nitrogens with one attached hydrogen (secondary N) is 2. The molecule has 0 bridgehead atoms. The van der Waals surface area contributed by atoms with Crippen LogP contribution in [0.2, 0.25) is 0 Å². The average Bonchev–Trinajstić information content (AvgIpc) is 3.26. The van der Waals surface area contributed by atoms with E-state index in [2.05, 4.69) is 32.2 Å². The van der Waals surface area contributed by atoms with Crippen molar-refractivity contribution >= 4 is 28.8 Å². The molecule has 0 atom stereocenters. The summed E-state index contributed by atoms with van der Waals surface area (Å²) in [6.07, 6.45) is 7.04. The number of amides is 2. The minimum absolute atomic E-state index is 0.00959. The number of halogens is 1. The molecular weight excluding hydrogens is 481 g/mol. The quantitative estimate of drug-likeness (QED) is 0.422. The number of anilines is 1. The number of hydrogen-bond donors (Lipinski definition) is 2. The summed E-state index contributed by atoms with van der Waals surface area (Å²) >= 11 is 0. The predicted molar refractivity (Wildman–Crippen MR) is 147 cm³/mol. The number of benzene rings is 2. The van der Waals surface area contributed by atoms with Gasteiger partial charge in [0.25, 0.3) is 5.91 Å². The van der Waals surface area contributed by atoms with Gasteiger partial charge in [-0.15, -0.1) is 0 Å². The van der Waals surface area contributed by atoms with Crippen molar-refractivity contribution in [3.05, 3.63) is 59.4 Å². The summed E-state index contributed by atoms with van der Waals surface area (Å²) in [6.45, 7) is 7.12. The molecule has 8 heteroatoms. The van der Waals surface area contributed by atoms with E-state index >= 15 is 0 Å². The van der Waals surface area contributed by atoms with Crippen LogP contribution in [-0.2, 0) is 11.3 Å². The van der Waals surface area contributed by atoms with Gasteiger partial charge in [-0.2, -0.15) is 0 Å². The summed E-state index contributed by atoms with van der Waals surface area (Å²) in [5.41, 5.74) is 3.46. The van der Waals surface area contributed by atoms with Crippen LogP contribution in [0.4, 0.5) is 10.3 Å². The molecule has 1 aromatic heterocycles. The molecule has 2 aliphatic rings. The molecule has 1 saturated carbocycles. The SMILES string of the molecule is CC(C)NC(=O)C1CCC(n2c(NC(=O)c3ccc(F)cc3)nc3ccc(CN4CCCCC4)cc32)CC1. The maximum absolute atomic E-state index is 13.4. The molecule has 7 nitrogen and oxygen atoms in total. The van der Waals surface area contributed by atoms with Gasteiger partial charge in [-0.1, -0.05) is 12.5 Å². The van der Waals surface area contributed by atoms with Crippen LogP contribution >= 0.6 is 0 Å². The highest BCUT2D eigenvalue weighted by atomic mass is 19.1. The first-order chi connectivity index (χ1) is 18.4. The van der Waals surface area contributed by atoms with Crippen LogP contribution in [0.5, 0.6) is 0 Å². The Hall–Kier alpha value is -3.26. The van der Waals surface area contributed by atoms with Gasteiger partial charge >= 0.3 is 0 Å². The van der Waals surface area contributed by atoms with Crippen molar-refractivity contribution in [3.8, 4) is 0 Å². The molecule has 1 aliphatic carbocycles. The van der Waals surface area contributed by atoms with Gasteiger partial charge in [-0.3, -0.25) is 19.8 Å². The molecule has 1 aliphatic heterocycles. The Labute approximate surface area is 223 Å². The zero-order chi connectivity index (χ0) is 26.6. The molecule has 2 heterocycles. The van der Waals surface area contributed by atoms with Crippen molar-refractivity contribution in [3.63, 3.8) is 0 Å². The fraction of sp³-hybridized carbons (Fsp3) is 0.500. The highest BCUT2D eigenvalue weighted by Gasteiger charge is 2.30. The smallest absolute Gasteiger partial charge is 0.257 e. The lowest BCUT2D eigenvalue weighted by Gasteiger charge is -2.30. The summed E-state index contributed by atoms with van der Waals surface area (Å²) in [5.74, 6) is -0.0640. The zero-order valence-corrected chi connectivity index (χ0v) is 22.4. The van der Waals surface area contributed by atoms with Gasteiger partial charge in [0.2, 0.25) is 11.9 Å². The summed E-state index contributed by atoms with van der Waals surface area (Å²) in [5, 5.41) is 6.05. The lowest BCUT2D eigenvalue weighted by atomic mass is 9.85. The fourth-order valence-corrected chi connectivity index (χ4v) is 5.84. The van der Waals surface area contributed by atoms with Gasteiger partial charge in [0.05, 0.1) is 11.0 Å². The third kappa shape index (κ3) is 6.07. The number of piperidine rings is 1. The Balaban J connectivity index is 1.43. The molecule has 0 unspecified atom stereocenters. The highest BCUT2D eigenvalue weighted by Crippen LogP contribution is 2.37. The van der Waals surface area contributed by atoms with E-state index in [1.807, 2.05) is 19.9 Å². The first-order valence-corrected chi connectivity index (χ1v) is 14.0. The Morgan fingerprint density at radius 3 is 2.39 bits per heavy atom. The summed E-state index contributed by atoms with van der Waals surface area (Å²) in [6, 6.07) is 12.2. The first-order valence-electron chi connectivity index (χ1n) is 14.0. The van der Waals surface area contributed by atoms with Crippen molar-refractivity contribution in [1.82, 2.24) is 19.8 Å². The lowest BCUT2D eigenvalue weighted by molar-refractivity contribution is -0.126. The molecule has 38 heavy (non-hydrogen) atoms.